The Labute approximate surface area is 113 Å². The molecule has 0 unspecified atom stereocenters. The van der Waals surface area contributed by atoms with Crippen molar-refractivity contribution in [1.82, 2.24) is 0 Å². The summed E-state index contributed by atoms with van der Waals surface area (Å²) in [6.07, 6.45) is 0. The summed E-state index contributed by atoms with van der Waals surface area (Å²) in [7, 11) is 0. The highest BCUT2D eigenvalue weighted by molar-refractivity contribution is 7.13. The Morgan fingerprint density at radius 2 is 1.63 bits per heavy atom. The molecule has 0 saturated carbocycles. The van der Waals surface area contributed by atoms with Gasteiger partial charge in [0.1, 0.15) is 0 Å². The van der Waals surface area contributed by atoms with Gasteiger partial charge in [0.2, 0.25) is 5.78 Å². The molecule has 0 spiro atoms. The lowest BCUT2D eigenvalue weighted by Gasteiger charge is -2.16. The number of ketones is 2. The number of hydrogen-bond acceptors (Lipinski definition) is 3. The van der Waals surface area contributed by atoms with Crippen LogP contribution in [-0.4, -0.2) is 11.6 Å². The van der Waals surface area contributed by atoms with E-state index in [1.807, 2.05) is 30.3 Å². The fraction of sp³-hybridized carbons (Fsp3) is 0. The number of hydrogen-bond donors (Lipinski definition) is 0. The first-order valence-corrected chi connectivity index (χ1v) is 6.84. The van der Waals surface area contributed by atoms with E-state index in [0.29, 0.717) is 21.6 Å². The summed E-state index contributed by atoms with van der Waals surface area (Å²) < 4.78 is 0. The average Bonchev–Trinajstić information content (AvgIpc) is 2.93. The van der Waals surface area contributed by atoms with E-state index in [0.717, 1.165) is 10.8 Å². The molecule has 0 aliphatic heterocycles. The molecular weight excluding hydrogens is 256 g/mol. The topological polar surface area (TPSA) is 34.1 Å². The van der Waals surface area contributed by atoms with Crippen molar-refractivity contribution in [2.75, 3.05) is 0 Å². The highest BCUT2D eigenvalue weighted by atomic mass is 32.1. The zero-order valence-corrected chi connectivity index (χ0v) is 10.7. The van der Waals surface area contributed by atoms with Crippen molar-refractivity contribution in [3.8, 4) is 0 Å². The van der Waals surface area contributed by atoms with Crippen LogP contribution in [0.3, 0.4) is 0 Å². The van der Waals surface area contributed by atoms with Gasteiger partial charge in [-0.25, -0.2) is 0 Å². The molecule has 0 bridgehead atoms. The van der Waals surface area contributed by atoms with Crippen molar-refractivity contribution in [1.29, 1.82) is 0 Å². The summed E-state index contributed by atoms with van der Waals surface area (Å²) in [4.78, 5) is 25.6. The Balaban J connectivity index is 2.16. The molecule has 0 N–H and O–H groups in total. The minimum absolute atomic E-state index is 0.0311. The fourth-order valence-electron chi connectivity index (χ4n) is 2.63. The second-order valence-corrected chi connectivity index (χ2v) is 5.45. The third-order valence-corrected chi connectivity index (χ3v) is 4.43. The van der Waals surface area contributed by atoms with Crippen molar-refractivity contribution in [2.24, 2.45) is 0 Å². The van der Waals surface area contributed by atoms with Crippen LogP contribution in [0.2, 0.25) is 0 Å². The normalized spacial score (nSPS) is 13.5. The first-order valence-electron chi connectivity index (χ1n) is 5.96. The molecule has 1 aliphatic carbocycles. The maximum absolute atomic E-state index is 12.6. The Morgan fingerprint density at radius 3 is 2.53 bits per heavy atom. The van der Waals surface area contributed by atoms with E-state index in [-0.39, 0.29) is 11.6 Å². The van der Waals surface area contributed by atoms with Crippen molar-refractivity contribution < 1.29 is 9.59 Å². The number of benzene rings is 2. The Bertz CT molecular complexity index is 858. The van der Waals surface area contributed by atoms with Gasteiger partial charge in [0.05, 0.1) is 4.88 Å². The molecule has 1 heterocycles. The van der Waals surface area contributed by atoms with Gasteiger partial charge < -0.3 is 0 Å². The number of carbonyl (C=O) groups excluding carboxylic acids is 2. The third kappa shape index (κ3) is 1.30. The summed E-state index contributed by atoms with van der Waals surface area (Å²) in [5.74, 6) is -0.0759. The van der Waals surface area contributed by atoms with Crippen LogP contribution in [0, 0.1) is 0 Å². The van der Waals surface area contributed by atoms with Gasteiger partial charge in [-0.2, -0.15) is 0 Å². The van der Waals surface area contributed by atoms with Crippen molar-refractivity contribution in [3.05, 3.63) is 69.4 Å². The Kier molecular flexibility index (Phi) is 2.03. The van der Waals surface area contributed by atoms with E-state index in [2.05, 4.69) is 0 Å². The molecule has 4 rings (SSSR count). The van der Waals surface area contributed by atoms with Crippen molar-refractivity contribution in [2.45, 2.75) is 0 Å². The van der Waals surface area contributed by atoms with E-state index in [4.69, 9.17) is 0 Å². The quantitative estimate of drug-likeness (QED) is 0.485. The van der Waals surface area contributed by atoms with Crippen LogP contribution in [0.4, 0.5) is 0 Å². The Morgan fingerprint density at radius 1 is 0.789 bits per heavy atom. The van der Waals surface area contributed by atoms with Gasteiger partial charge in [-0.3, -0.25) is 9.59 Å². The first-order chi connectivity index (χ1) is 9.27. The van der Waals surface area contributed by atoms with Crippen LogP contribution in [0.5, 0.6) is 0 Å². The number of carbonyl (C=O) groups is 2. The number of fused-ring (bicyclic) bond motifs is 4. The zero-order chi connectivity index (χ0) is 13.0. The van der Waals surface area contributed by atoms with Crippen LogP contribution in [-0.2, 0) is 0 Å². The smallest absolute Gasteiger partial charge is 0.205 e. The van der Waals surface area contributed by atoms with E-state index in [9.17, 15) is 9.59 Å². The lowest BCUT2D eigenvalue weighted by atomic mass is 9.86. The van der Waals surface area contributed by atoms with Gasteiger partial charge in [-0.1, -0.05) is 30.3 Å². The molecule has 0 radical (unpaired) electrons. The second kappa shape index (κ2) is 3.62. The minimum Gasteiger partial charge on any atom is -0.289 e. The first kappa shape index (κ1) is 10.6. The van der Waals surface area contributed by atoms with E-state index >= 15 is 0 Å². The molecule has 0 amide bonds. The summed E-state index contributed by atoms with van der Waals surface area (Å²) in [6.45, 7) is 0. The minimum atomic E-state index is -0.0448. The standard InChI is InChI=1S/C16H8O2S/c17-14-11-6-5-9-3-1-2-4-10(9)13(11)15(18)16-12(14)7-8-19-16/h1-8H. The lowest BCUT2D eigenvalue weighted by Crippen LogP contribution is -2.18. The van der Waals surface area contributed by atoms with Crippen LogP contribution >= 0.6 is 11.3 Å². The van der Waals surface area contributed by atoms with E-state index < -0.39 is 0 Å². The molecular formula is C16H8O2S. The van der Waals surface area contributed by atoms with Gasteiger partial charge in [-0.15, -0.1) is 11.3 Å². The molecule has 19 heavy (non-hydrogen) atoms. The predicted octanol–water partition coefficient (Wildman–Crippen LogP) is 3.68. The van der Waals surface area contributed by atoms with E-state index in [1.165, 1.54) is 11.3 Å². The molecule has 1 aromatic heterocycles. The maximum atomic E-state index is 12.6. The number of rotatable bonds is 0. The summed E-state index contributed by atoms with van der Waals surface area (Å²) >= 11 is 1.34. The highest BCUT2D eigenvalue weighted by Gasteiger charge is 2.31. The third-order valence-electron chi connectivity index (χ3n) is 3.52. The molecule has 0 fully saturated rings. The monoisotopic (exact) mass is 264 g/mol. The highest BCUT2D eigenvalue weighted by Crippen LogP contribution is 2.34. The lowest BCUT2D eigenvalue weighted by molar-refractivity contribution is 0.0983. The summed E-state index contributed by atoms with van der Waals surface area (Å²) in [6, 6.07) is 13.1. The zero-order valence-electron chi connectivity index (χ0n) is 9.84. The average molecular weight is 264 g/mol. The van der Waals surface area contributed by atoms with Crippen LogP contribution < -0.4 is 0 Å². The van der Waals surface area contributed by atoms with Gasteiger partial charge in [0, 0.05) is 16.7 Å². The Hall–Kier alpha value is -2.26. The van der Waals surface area contributed by atoms with Gasteiger partial charge in [0.15, 0.2) is 5.78 Å². The second-order valence-electron chi connectivity index (χ2n) is 4.53. The van der Waals surface area contributed by atoms with Crippen LogP contribution in [0.25, 0.3) is 10.8 Å². The van der Waals surface area contributed by atoms with E-state index in [1.54, 1.807) is 17.5 Å². The largest absolute Gasteiger partial charge is 0.289 e. The van der Waals surface area contributed by atoms with Gasteiger partial charge in [-0.05, 0) is 28.3 Å². The fourth-order valence-corrected chi connectivity index (χ4v) is 3.46. The van der Waals surface area contributed by atoms with Gasteiger partial charge in [0.25, 0.3) is 0 Å². The molecule has 2 nitrogen and oxygen atoms in total. The van der Waals surface area contributed by atoms with Crippen molar-refractivity contribution in [3.63, 3.8) is 0 Å². The molecule has 0 saturated heterocycles. The predicted molar refractivity (Wildman–Crippen MR) is 75.1 cm³/mol. The SMILES string of the molecule is O=C1c2ccsc2C(=O)c2c1ccc1ccccc21. The molecule has 3 heteroatoms. The summed E-state index contributed by atoms with van der Waals surface area (Å²) in [5.41, 5.74) is 1.62. The molecule has 90 valence electrons. The molecule has 1 aliphatic rings. The van der Waals surface area contributed by atoms with Crippen LogP contribution in [0.15, 0.2) is 47.8 Å². The molecule has 0 atom stereocenters. The maximum Gasteiger partial charge on any atom is 0.205 e. The molecule has 3 aromatic rings. The summed E-state index contributed by atoms with van der Waals surface area (Å²) in [5, 5.41) is 3.65. The molecule has 2 aromatic carbocycles. The number of thiophene rings is 1. The van der Waals surface area contributed by atoms with Gasteiger partial charge >= 0.3 is 0 Å². The van der Waals surface area contributed by atoms with Crippen molar-refractivity contribution >= 4 is 33.7 Å². The van der Waals surface area contributed by atoms with Crippen LogP contribution in [0.1, 0.15) is 31.2 Å².